The molecule has 0 spiro atoms. The molecule has 1 aliphatic heterocycles. The van der Waals surface area contributed by atoms with Gasteiger partial charge in [-0.15, -0.1) is 0 Å². The Morgan fingerprint density at radius 1 is 1.06 bits per heavy atom. The standard InChI is InChI=1S/C21H25N3O8S/c1-30-18-6-3-14(11-19(18)31-2)21(27)22-13-20(26)23-16-12-15(4-5-17(16)25)33(28,29)24-7-9-32-10-8-24/h3-6,11-12,25H,7-10,13H2,1-2H3,(H,22,27)(H,23,26). The smallest absolute Gasteiger partial charge is 0.251 e. The van der Waals surface area contributed by atoms with E-state index in [9.17, 15) is 23.1 Å². The predicted molar refractivity (Wildman–Crippen MR) is 118 cm³/mol. The Morgan fingerprint density at radius 2 is 1.76 bits per heavy atom. The van der Waals surface area contributed by atoms with Crippen LogP contribution in [0.2, 0.25) is 0 Å². The van der Waals surface area contributed by atoms with Crippen molar-refractivity contribution < 1.29 is 37.3 Å². The Kier molecular flexibility index (Phi) is 7.74. The third-order valence-electron chi connectivity index (χ3n) is 4.91. The molecule has 33 heavy (non-hydrogen) atoms. The van der Waals surface area contributed by atoms with E-state index in [1.807, 2.05) is 0 Å². The molecule has 2 aromatic carbocycles. The molecule has 12 heteroatoms. The molecule has 0 aromatic heterocycles. The zero-order valence-corrected chi connectivity index (χ0v) is 19.0. The average Bonchev–Trinajstić information content (AvgIpc) is 2.83. The molecule has 11 nitrogen and oxygen atoms in total. The number of benzene rings is 2. The fourth-order valence-corrected chi connectivity index (χ4v) is 4.58. The maximum Gasteiger partial charge on any atom is 0.251 e. The van der Waals surface area contributed by atoms with Crippen molar-refractivity contribution in [2.24, 2.45) is 0 Å². The Morgan fingerprint density at radius 3 is 2.42 bits per heavy atom. The van der Waals surface area contributed by atoms with Crippen LogP contribution in [-0.4, -0.2) is 76.7 Å². The highest BCUT2D eigenvalue weighted by molar-refractivity contribution is 7.89. The van der Waals surface area contributed by atoms with Crippen LogP contribution >= 0.6 is 0 Å². The van der Waals surface area contributed by atoms with Crippen molar-refractivity contribution in [1.29, 1.82) is 0 Å². The lowest BCUT2D eigenvalue weighted by Crippen LogP contribution is -2.40. The lowest BCUT2D eigenvalue weighted by Gasteiger charge is -2.26. The minimum Gasteiger partial charge on any atom is -0.506 e. The number of amides is 2. The maximum absolute atomic E-state index is 12.8. The molecule has 1 heterocycles. The van der Waals surface area contributed by atoms with Gasteiger partial charge < -0.3 is 30.0 Å². The second-order valence-electron chi connectivity index (χ2n) is 7.00. The predicted octanol–water partition coefficient (Wildman–Crippen LogP) is 0.799. The van der Waals surface area contributed by atoms with Crippen molar-refractivity contribution in [2.75, 3.05) is 52.4 Å². The molecule has 0 radical (unpaired) electrons. The number of hydrogen-bond acceptors (Lipinski definition) is 8. The minimum atomic E-state index is -3.81. The number of phenols is 1. The number of carbonyl (C=O) groups is 2. The van der Waals surface area contributed by atoms with Gasteiger partial charge in [-0.1, -0.05) is 0 Å². The number of nitrogens with zero attached hydrogens (tertiary/aromatic N) is 1. The zero-order valence-electron chi connectivity index (χ0n) is 18.2. The molecule has 2 aromatic rings. The Labute approximate surface area is 191 Å². The number of carbonyl (C=O) groups excluding carboxylic acids is 2. The van der Waals surface area contributed by atoms with Gasteiger partial charge in [0.2, 0.25) is 15.9 Å². The molecule has 1 saturated heterocycles. The van der Waals surface area contributed by atoms with Crippen LogP contribution in [0, 0.1) is 0 Å². The van der Waals surface area contributed by atoms with Crippen molar-refractivity contribution >= 4 is 27.5 Å². The summed E-state index contributed by atoms with van der Waals surface area (Å²) in [6.45, 7) is 0.606. The number of phenolic OH excluding ortho intramolecular Hbond substituents is 1. The van der Waals surface area contributed by atoms with E-state index in [4.69, 9.17) is 14.2 Å². The molecule has 0 bridgehead atoms. The number of methoxy groups -OCH3 is 2. The van der Waals surface area contributed by atoms with Gasteiger partial charge in [0, 0.05) is 18.7 Å². The summed E-state index contributed by atoms with van der Waals surface area (Å²) in [7, 11) is -0.904. The normalized spacial score (nSPS) is 14.4. The first kappa shape index (κ1) is 24.3. The SMILES string of the molecule is COc1ccc(C(=O)NCC(=O)Nc2cc(S(=O)(=O)N3CCOCC3)ccc2O)cc1OC. The van der Waals surface area contributed by atoms with E-state index >= 15 is 0 Å². The molecule has 1 aliphatic rings. The van der Waals surface area contributed by atoms with Gasteiger partial charge in [-0.05, 0) is 36.4 Å². The van der Waals surface area contributed by atoms with Crippen LogP contribution in [0.4, 0.5) is 5.69 Å². The quantitative estimate of drug-likeness (QED) is 0.472. The summed E-state index contributed by atoms with van der Waals surface area (Å²) in [5.74, 6) is -0.679. The number of rotatable bonds is 8. The number of aromatic hydroxyl groups is 1. The van der Waals surface area contributed by atoms with E-state index in [-0.39, 0.29) is 35.0 Å². The zero-order chi connectivity index (χ0) is 24.0. The van der Waals surface area contributed by atoms with Gasteiger partial charge in [-0.25, -0.2) is 8.42 Å². The first-order valence-corrected chi connectivity index (χ1v) is 11.4. The summed E-state index contributed by atoms with van der Waals surface area (Å²) in [5.41, 5.74) is 0.164. The van der Waals surface area contributed by atoms with Crippen LogP contribution in [0.5, 0.6) is 17.2 Å². The summed E-state index contributed by atoms with van der Waals surface area (Å²) >= 11 is 0. The van der Waals surface area contributed by atoms with E-state index in [0.29, 0.717) is 24.7 Å². The van der Waals surface area contributed by atoms with Crippen LogP contribution in [0.1, 0.15) is 10.4 Å². The van der Waals surface area contributed by atoms with E-state index in [1.165, 1.54) is 48.9 Å². The summed E-state index contributed by atoms with van der Waals surface area (Å²) in [6.07, 6.45) is 0. The van der Waals surface area contributed by atoms with Crippen molar-refractivity contribution in [3.63, 3.8) is 0 Å². The number of sulfonamides is 1. The first-order chi connectivity index (χ1) is 15.8. The molecule has 2 amide bonds. The molecular formula is C21H25N3O8S. The molecule has 0 saturated carbocycles. The Hall–Kier alpha value is -3.35. The van der Waals surface area contributed by atoms with Gasteiger partial charge in [-0.2, -0.15) is 4.31 Å². The third-order valence-corrected chi connectivity index (χ3v) is 6.80. The monoisotopic (exact) mass is 479 g/mol. The van der Waals surface area contributed by atoms with Crippen molar-refractivity contribution in [3.05, 3.63) is 42.0 Å². The highest BCUT2D eigenvalue weighted by Crippen LogP contribution is 2.29. The largest absolute Gasteiger partial charge is 0.506 e. The molecule has 178 valence electrons. The lowest BCUT2D eigenvalue weighted by atomic mass is 10.2. The van der Waals surface area contributed by atoms with E-state index in [1.54, 1.807) is 6.07 Å². The topological polar surface area (TPSA) is 143 Å². The molecule has 0 unspecified atom stereocenters. The highest BCUT2D eigenvalue weighted by atomic mass is 32.2. The Balaban J connectivity index is 1.65. The Bertz CT molecular complexity index is 1130. The van der Waals surface area contributed by atoms with Crippen LogP contribution in [-0.2, 0) is 19.6 Å². The summed E-state index contributed by atoms with van der Waals surface area (Å²) in [4.78, 5) is 24.6. The highest BCUT2D eigenvalue weighted by Gasteiger charge is 2.27. The summed E-state index contributed by atoms with van der Waals surface area (Å²) in [5, 5.41) is 14.9. The maximum atomic E-state index is 12.8. The fraction of sp³-hybridized carbons (Fsp3) is 0.333. The fourth-order valence-electron chi connectivity index (χ4n) is 3.15. The molecule has 1 fully saturated rings. The first-order valence-electron chi connectivity index (χ1n) is 9.97. The van der Waals surface area contributed by atoms with Gasteiger partial charge >= 0.3 is 0 Å². The van der Waals surface area contributed by atoms with Crippen molar-refractivity contribution in [2.45, 2.75) is 4.90 Å². The number of ether oxygens (including phenoxy) is 3. The van der Waals surface area contributed by atoms with Gasteiger partial charge in [-0.3, -0.25) is 9.59 Å². The van der Waals surface area contributed by atoms with Crippen LogP contribution in [0.3, 0.4) is 0 Å². The summed E-state index contributed by atoms with van der Waals surface area (Å²) in [6, 6.07) is 8.17. The number of morpholine rings is 1. The van der Waals surface area contributed by atoms with E-state index in [2.05, 4.69) is 10.6 Å². The molecule has 0 aliphatic carbocycles. The number of anilines is 1. The number of hydrogen-bond donors (Lipinski definition) is 3. The van der Waals surface area contributed by atoms with Crippen LogP contribution in [0.25, 0.3) is 0 Å². The van der Waals surface area contributed by atoms with Gasteiger partial charge in [0.1, 0.15) is 5.75 Å². The van der Waals surface area contributed by atoms with E-state index < -0.39 is 28.4 Å². The van der Waals surface area contributed by atoms with Gasteiger partial charge in [0.15, 0.2) is 11.5 Å². The summed E-state index contributed by atoms with van der Waals surface area (Å²) < 4.78 is 42.3. The van der Waals surface area contributed by atoms with Gasteiger partial charge in [0.25, 0.3) is 5.91 Å². The minimum absolute atomic E-state index is 0.0770. The molecular weight excluding hydrogens is 454 g/mol. The second-order valence-corrected chi connectivity index (χ2v) is 8.93. The van der Waals surface area contributed by atoms with Crippen molar-refractivity contribution in [1.82, 2.24) is 9.62 Å². The van der Waals surface area contributed by atoms with Crippen LogP contribution in [0.15, 0.2) is 41.3 Å². The van der Waals surface area contributed by atoms with Gasteiger partial charge in [0.05, 0.1) is 44.6 Å². The second kappa shape index (κ2) is 10.5. The van der Waals surface area contributed by atoms with E-state index in [0.717, 1.165) is 0 Å². The molecule has 0 atom stereocenters. The lowest BCUT2D eigenvalue weighted by molar-refractivity contribution is -0.115. The van der Waals surface area contributed by atoms with Crippen molar-refractivity contribution in [3.8, 4) is 17.2 Å². The number of nitrogens with one attached hydrogen (secondary N) is 2. The average molecular weight is 480 g/mol. The molecule has 3 rings (SSSR count). The third kappa shape index (κ3) is 5.72. The van der Waals surface area contributed by atoms with Crippen LogP contribution < -0.4 is 20.1 Å². The molecule has 3 N–H and O–H groups in total.